The maximum atomic E-state index is 11.4. The number of sulfone groups is 1. The summed E-state index contributed by atoms with van der Waals surface area (Å²) in [7, 11) is -3.16. The van der Waals surface area contributed by atoms with Crippen LogP contribution in [0.1, 0.15) is 6.42 Å². The molecule has 0 spiro atoms. The number of hydrogen-bond acceptors (Lipinski definition) is 4. The molecule has 0 fully saturated rings. The lowest BCUT2D eigenvalue weighted by atomic mass is 10.3. The molecule has 3 N–H and O–H groups in total. The van der Waals surface area contributed by atoms with Gasteiger partial charge in [-0.1, -0.05) is 12.1 Å². The predicted octanol–water partition coefficient (Wildman–Crippen LogP) is 0.851. The normalized spacial score (nSPS) is 11.3. The van der Waals surface area contributed by atoms with Crippen LogP contribution < -0.4 is 11.1 Å². The molecule has 0 saturated carbocycles. The maximum Gasteiger partial charge on any atom is 0.177 e. The number of benzene rings is 1. The van der Waals surface area contributed by atoms with Crippen molar-refractivity contribution in [2.45, 2.75) is 11.3 Å². The van der Waals surface area contributed by atoms with E-state index in [1.165, 1.54) is 6.26 Å². The third-order valence-corrected chi connectivity index (χ3v) is 3.14. The van der Waals surface area contributed by atoms with Crippen molar-refractivity contribution in [3.8, 4) is 0 Å². The van der Waals surface area contributed by atoms with E-state index in [0.717, 1.165) is 6.42 Å². The van der Waals surface area contributed by atoms with Gasteiger partial charge in [-0.25, -0.2) is 8.42 Å². The van der Waals surface area contributed by atoms with E-state index < -0.39 is 9.84 Å². The number of nitrogens with one attached hydrogen (secondary N) is 1. The number of anilines is 1. The van der Waals surface area contributed by atoms with Gasteiger partial charge in [0.25, 0.3) is 0 Å². The Balaban J connectivity index is 2.88. The van der Waals surface area contributed by atoms with Gasteiger partial charge in [0.15, 0.2) is 9.84 Å². The van der Waals surface area contributed by atoms with Gasteiger partial charge in [-0.3, -0.25) is 0 Å². The smallest absolute Gasteiger partial charge is 0.177 e. The fourth-order valence-electron chi connectivity index (χ4n) is 1.26. The molecule has 1 rings (SSSR count). The summed E-state index contributed by atoms with van der Waals surface area (Å²) >= 11 is 0. The quantitative estimate of drug-likeness (QED) is 0.733. The Morgan fingerprint density at radius 2 is 2.00 bits per heavy atom. The summed E-state index contributed by atoms with van der Waals surface area (Å²) < 4.78 is 22.8. The van der Waals surface area contributed by atoms with Gasteiger partial charge in [-0.15, -0.1) is 0 Å². The van der Waals surface area contributed by atoms with Gasteiger partial charge >= 0.3 is 0 Å². The van der Waals surface area contributed by atoms with Crippen molar-refractivity contribution >= 4 is 15.5 Å². The van der Waals surface area contributed by atoms with Crippen molar-refractivity contribution in [3.63, 3.8) is 0 Å². The molecule has 0 bridgehead atoms. The van der Waals surface area contributed by atoms with Crippen LogP contribution >= 0.6 is 0 Å². The molecule has 5 heteroatoms. The Morgan fingerprint density at radius 3 is 2.60 bits per heavy atom. The predicted molar refractivity (Wildman–Crippen MR) is 61.7 cm³/mol. The summed E-state index contributed by atoms with van der Waals surface area (Å²) in [6.07, 6.45) is 2.02. The van der Waals surface area contributed by atoms with E-state index in [1.54, 1.807) is 24.3 Å². The lowest BCUT2D eigenvalue weighted by Crippen LogP contribution is -2.11. The molecule has 0 saturated heterocycles. The molecular formula is C10H16N2O2S. The van der Waals surface area contributed by atoms with Gasteiger partial charge in [0, 0.05) is 12.8 Å². The molecule has 0 radical (unpaired) electrons. The van der Waals surface area contributed by atoms with E-state index in [9.17, 15) is 8.42 Å². The highest BCUT2D eigenvalue weighted by molar-refractivity contribution is 7.90. The number of nitrogens with two attached hydrogens (primary N) is 1. The standard InChI is InChI=1S/C10H16N2O2S/c1-15(13,14)10-6-3-2-5-9(10)12-8-4-7-11/h2-3,5-6,12H,4,7-8,11H2,1H3. The van der Waals surface area contributed by atoms with Crippen molar-refractivity contribution in [1.29, 1.82) is 0 Å². The van der Waals surface area contributed by atoms with Gasteiger partial charge < -0.3 is 11.1 Å². The van der Waals surface area contributed by atoms with Crippen LogP contribution in [-0.4, -0.2) is 27.8 Å². The Morgan fingerprint density at radius 1 is 1.33 bits per heavy atom. The first-order chi connectivity index (χ1) is 7.05. The van der Waals surface area contributed by atoms with Crippen molar-refractivity contribution in [2.75, 3.05) is 24.7 Å². The average molecular weight is 228 g/mol. The molecule has 15 heavy (non-hydrogen) atoms. The molecule has 84 valence electrons. The van der Waals surface area contributed by atoms with Gasteiger partial charge in [0.1, 0.15) is 0 Å². The van der Waals surface area contributed by atoms with Crippen molar-refractivity contribution < 1.29 is 8.42 Å². The molecule has 0 aliphatic rings. The fourth-order valence-corrected chi connectivity index (χ4v) is 2.13. The molecule has 0 aliphatic carbocycles. The zero-order valence-electron chi connectivity index (χ0n) is 8.73. The Kier molecular flexibility index (Phi) is 4.11. The van der Waals surface area contributed by atoms with Crippen LogP contribution in [0, 0.1) is 0 Å². The van der Waals surface area contributed by atoms with Crippen LogP contribution in [0.5, 0.6) is 0 Å². The van der Waals surface area contributed by atoms with E-state index in [-0.39, 0.29) is 0 Å². The van der Waals surface area contributed by atoms with Crippen molar-refractivity contribution in [1.82, 2.24) is 0 Å². The molecule has 4 nitrogen and oxygen atoms in total. The van der Waals surface area contributed by atoms with Gasteiger partial charge in [0.05, 0.1) is 10.6 Å². The van der Waals surface area contributed by atoms with Crippen molar-refractivity contribution in [2.24, 2.45) is 5.73 Å². The van der Waals surface area contributed by atoms with E-state index in [1.807, 2.05) is 0 Å². The number of para-hydroxylation sites is 1. The molecule has 1 aromatic rings. The number of rotatable bonds is 5. The summed E-state index contributed by atoms with van der Waals surface area (Å²) in [5.74, 6) is 0. The molecule has 0 heterocycles. The second-order valence-electron chi connectivity index (χ2n) is 3.34. The first-order valence-corrected chi connectivity index (χ1v) is 6.68. The zero-order valence-corrected chi connectivity index (χ0v) is 9.55. The first kappa shape index (κ1) is 12.0. The van der Waals surface area contributed by atoms with Crippen LogP contribution in [0.25, 0.3) is 0 Å². The van der Waals surface area contributed by atoms with E-state index in [2.05, 4.69) is 5.32 Å². The molecule has 0 amide bonds. The Bertz CT molecular complexity index is 415. The molecular weight excluding hydrogens is 212 g/mol. The second kappa shape index (κ2) is 5.14. The maximum absolute atomic E-state index is 11.4. The second-order valence-corrected chi connectivity index (χ2v) is 5.32. The first-order valence-electron chi connectivity index (χ1n) is 4.78. The van der Waals surface area contributed by atoms with Gasteiger partial charge in [0.2, 0.25) is 0 Å². The summed E-state index contributed by atoms with van der Waals surface area (Å²) in [4.78, 5) is 0.335. The van der Waals surface area contributed by atoms with Crippen LogP contribution in [0.2, 0.25) is 0 Å². The molecule has 0 atom stereocenters. The van der Waals surface area contributed by atoms with Crippen LogP contribution in [0.4, 0.5) is 5.69 Å². The molecule has 0 aliphatic heterocycles. The van der Waals surface area contributed by atoms with Gasteiger partial charge in [-0.05, 0) is 25.1 Å². The highest BCUT2D eigenvalue weighted by Gasteiger charge is 2.11. The molecule has 0 aromatic heterocycles. The summed E-state index contributed by atoms with van der Waals surface area (Å²) in [6.45, 7) is 1.27. The van der Waals surface area contributed by atoms with E-state index >= 15 is 0 Å². The Labute approximate surface area is 90.4 Å². The molecule has 0 unspecified atom stereocenters. The Hall–Kier alpha value is -1.07. The third kappa shape index (κ3) is 3.53. The molecule has 1 aromatic carbocycles. The van der Waals surface area contributed by atoms with Crippen molar-refractivity contribution in [3.05, 3.63) is 24.3 Å². The fraction of sp³-hybridized carbons (Fsp3) is 0.400. The zero-order chi connectivity index (χ0) is 11.3. The van der Waals surface area contributed by atoms with E-state index in [4.69, 9.17) is 5.73 Å². The van der Waals surface area contributed by atoms with Gasteiger partial charge in [-0.2, -0.15) is 0 Å². The lowest BCUT2D eigenvalue weighted by molar-refractivity contribution is 0.602. The van der Waals surface area contributed by atoms with Crippen LogP contribution in [-0.2, 0) is 9.84 Å². The monoisotopic (exact) mass is 228 g/mol. The summed E-state index contributed by atoms with van der Waals surface area (Å²) in [6, 6.07) is 6.87. The minimum atomic E-state index is -3.16. The van der Waals surface area contributed by atoms with E-state index in [0.29, 0.717) is 23.7 Å². The minimum Gasteiger partial charge on any atom is -0.384 e. The SMILES string of the molecule is CS(=O)(=O)c1ccccc1NCCCN. The lowest BCUT2D eigenvalue weighted by Gasteiger charge is -2.09. The minimum absolute atomic E-state index is 0.335. The van der Waals surface area contributed by atoms with Crippen LogP contribution in [0.15, 0.2) is 29.2 Å². The number of hydrogen-bond donors (Lipinski definition) is 2. The highest BCUT2D eigenvalue weighted by Crippen LogP contribution is 2.20. The summed E-state index contributed by atoms with van der Waals surface area (Å²) in [5, 5.41) is 3.06. The third-order valence-electron chi connectivity index (χ3n) is 1.98. The average Bonchev–Trinajstić information content (AvgIpc) is 2.17. The van der Waals surface area contributed by atoms with Crippen LogP contribution in [0.3, 0.4) is 0 Å². The highest BCUT2D eigenvalue weighted by atomic mass is 32.2. The largest absolute Gasteiger partial charge is 0.384 e. The topological polar surface area (TPSA) is 72.2 Å². The summed E-state index contributed by atoms with van der Waals surface area (Å²) in [5.41, 5.74) is 6.00.